The van der Waals surface area contributed by atoms with Crippen LogP contribution in [0, 0.1) is 11.2 Å². The van der Waals surface area contributed by atoms with Crippen molar-refractivity contribution in [2.45, 2.75) is 32.6 Å². The van der Waals surface area contributed by atoms with Crippen LogP contribution in [-0.4, -0.2) is 12.5 Å². The van der Waals surface area contributed by atoms with Crippen molar-refractivity contribution in [2.24, 2.45) is 5.41 Å². The molecule has 1 aromatic carbocycles. The normalized spacial score (nSPS) is 17.1. The Kier molecular flexibility index (Phi) is 4.05. The smallest absolute Gasteiger partial charge is 0.254 e. The van der Waals surface area contributed by atoms with E-state index in [2.05, 4.69) is 28.2 Å². The predicted octanol–water partition coefficient (Wildman–Crippen LogP) is 3.90. The summed E-state index contributed by atoms with van der Waals surface area (Å²) in [5.74, 6) is -0.802. The molecule has 18 heavy (non-hydrogen) atoms. The zero-order chi connectivity index (χ0) is 13.2. The van der Waals surface area contributed by atoms with E-state index in [1.54, 1.807) is 6.07 Å². The second-order valence-corrected chi connectivity index (χ2v) is 5.93. The lowest BCUT2D eigenvalue weighted by Gasteiger charge is -2.41. The molecule has 1 aromatic rings. The third-order valence-electron chi connectivity index (χ3n) is 3.96. The van der Waals surface area contributed by atoms with E-state index in [-0.39, 0.29) is 16.9 Å². The van der Waals surface area contributed by atoms with Gasteiger partial charge in [0.25, 0.3) is 5.91 Å². The Hall–Kier alpha value is -0.900. The molecule has 0 aromatic heterocycles. The Balaban J connectivity index is 2.01. The van der Waals surface area contributed by atoms with Gasteiger partial charge in [0, 0.05) is 11.0 Å². The van der Waals surface area contributed by atoms with Gasteiger partial charge in [0.05, 0.1) is 5.56 Å². The minimum atomic E-state index is -0.477. The Labute approximate surface area is 115 Å². The van der Waals surface area contributed by atoms with Crippen LogP contribution in [0.2, 0.25) is 0 Å². The summed E-state index contributed by atoms with van der Waals surface area (Å²) in [4.78, 5) is 11.9. The van der Waals surface area contributed by atoms with Crippen molar-refractivity contribution in [3.63, 3.8) is 0 Å². The molecule has 1 fully saturated rings. The molecule has 0 bridgehead atoms. The summed E-state index contributed by atoms with van der Waals surface area (Å²) in [6.07, 6.45) is 4.61. The fourth-order valence-corrected chi connectivity index (χ4v) is 2.73. The van der Waals surface area contributed by atoms with E-state index in [0.717, 1.165) is 19.3 Å². The van der Waals surface area contributed by atoms with Crippen LogP contribution >= 0.6 is 15.9 Å². The van der Waals surface area contributed by atoms with Crippen molar-refractivity contribution in [3.05, 3.63) is 34.1 Å². The lowest BCUT2D eigenvalue weighted by molar-refractivity contribution is 0.0846. The van der Waals surface area contributed by atoms with Crippen molar-refractivity contribution in [2.75, 3.05) is 6.54 Å². The first kappa shape index (κ1) is 13.5. The van der Waals surface area contributed by atoms with Gasteiger partial charge in [-0.1, -0.05) is 29.3 Å². The van der Waals surface area contributed by atoms with Gasteiger partial charge in [-0.3, -0.25) is 4.79 Å². The molecule has 2 nitrogen and oxygen atoms in total. The highest BCUT2D eigenvalue weighted by Gasteiger charge is 2.35. The van der Waals surface area contributed by atoms with Crippen molar-refractivity contribution in [3.8, 4) is 0 Å². The van der Waals surface area contributed by atoms with Crippen LogP contribution in [0.5, 0.6) is 0 Å². The fraction of sp³-hybridized carbons (Fsp3) is 0.500. The van der Waals surface area contributed by atoms with E-state index in [0.29, 0.717) is 11.0 Å². The molecule has 0 unspecified atom stereocenters. The van der Waals surface area contributed by atoms with Crippen LogP contribution in [0.1, 0.15) is 43.0 Å². The molecule has 1 aliphatic rings. The van der Waals surface area contributed by atoms with E-state index in [9.17, 15) is 9.18 Å². The maximum atomic E-state index is 13.5. The van der Waals surface area contributed by atoms with E-state index in [1.807, 2.05) is 0 Å². The summed E-state index contributed by atoms with van der Waals surface area (Å²) in [6, 6.07) is 4.41. The van der Waals surface area contributed by atoms with E-state index in [4.69, 9.17) is 0 Å². The molecular formula is C14H17BrFNO. The molecule has 0 spiro atoms. The van der Waals surface area contributed by atoms with Crippen LogP contribution in [0.25, 0.3) is 0 Å². The van der Waals surface area contributed by atoms with Crippen LogP contribution in [-0.2, 0) is 0 Å². The highest BCUT2D eigenvalue weighted by molar-refractivity contribution is 9.10. The van der Waals surface area contributed by atoms with E-state index in [1.165, 1.54) is 18.6 Å². The quantitative estimate of drug-likeness (QED) is 0.897. The molecule has 0 atom stereocenters. The van der Waals surface area contributed by atoms with E-state index >= 15 is 0 Å². The van der Waals surface area contributed by atoms with Crippen LogP contribution in [0.15, 0.2) is 22.7 Å². The largest absolute Gasteiger partial charge is 0.351 e. The van der Waals surface area contributed by atoms with Gasteiger partial charge >= 0.3 is 0 Å². The van der Waals surface area contributed by atoms with Crippen LogP contribution < -0.4 is 5.32 Å². The van der Waals surface area contributed by atoms with Crippen molar-refractivity contribution in [1.29, 1.82) is 0 Å². The molecule has 0 heterocycles. The minimum Gasteiger partial charge on any atom is -0.351 e. The van der Waals surface area contributed by atoms with Crippen LogP contribution in [0.3, 0.4) is 0 Å². The first-order chi connectivity index (χ1) is 8.56. The number of hydrogen-bond acceptors (Lipinski definition) is 1. The first-order valence-corrected chi connectivity index (χ1v) is 7.09. The topological polar surface area (TPSA) is 29.1 Å². The summed E-state index contributed by atoms with van der Waals surface area (Å²) in [6.45, 7) is 2.79. The molecule has 2 rings (SSSR count). The Morgan fingerprint density at radius 1 is 1.50 bits per heavy atom. The molecule has 1 saturated carbocycles. The number of amides is 1. The lowest BCUT2D eigenvalue weighted by atomic mass is 9.67. The first-order valence-electron chi connectivity index (χ1n) is 6.29. The van der Waals surface area contributed by atoms with Crippen LogP contribution in [0.4, 0.5) is 4.39 Å². The zero-order valence-electron chi connectivity index (χ0n) is 10.4. The second-order valence-electron chi connectivity index (χ2n) is 5.01. The maximum Gasteiger partial charge on any atom is 0.254 e. The summed E-state index contributed by atoms with van der Waals surface area (Å²) < 4.78 is 14.2. The molecular weight excluding hydrogens is 297 g/mol. The summed E-state index contributed by atoms with van der Waals surface area (Å²) in [7, 11) is 0. The van der Waals surface area contributed by atoms with Gasteiger partial charge in [0.2, 0.25) is 0 Å². The average molecular weight is 314 g/mol. The van der Waals surface area contributed by atoms with Gasteiger partial charge in [0.1, 0.15) is 5.82 Å². The number of carbonyl (C=O) groups is 1. The van der Waals surface area contributed by atoms with Crippen molar-refractivity contribution < 1.29 is 9.18 Å². The predicted molar refractivity (Wildman–Crippen MR) is 73.0 cm³/mol. The fourth-order valence-electron chi connectivity index (χ4n) is 2.37. The highest BCUT2D eigenvalue weighted by Crippen LogP contribution is 2.43. The average Bonchev–Trinajstić information content (AvgIpc) is 2.31. The van der Waals surface area contributed by atoms with E-state index < -0.39 is 5.82 Å². The number of nitrogens with one attached hydrogen (secondary N) is 1. The number of benzene rings is 1. The van der Waals surface area contributed by atoms with Gasteiger partial charge in [-0.25, -0.2) is 4.39 Å². The molecule has 0 radical (unpaired) electrons. The Morgan fingerprint density at radius 3 is 2.78 bits per heavy atom. The number of carbonyl (C=O) groups excluding carboxylic acids is 1. The summed E-state index contributed by atoms with van der Waals surface area (Å²) in [5, 5.41) is 2.86. The Bertz CT molecular complexity index is 452. The molecule has 1 amide bonds. The SMILES string of the molecule is CCC1(CNC(=O)c2cc(Br)ccc2F)CCC1. The standard InChI is InChI=1S/C14H17BrFNO/c1-2-14(6-3-7-14)9-17-13(18)11-8-10(15)4-5-12(11)16/h4-5,8H,2-3,6-7,9H2,1H3,(H,17,18). The second kappa shape index (κ2) is 5.39. The summed E-state index contributed by atoms with van der Waals surface area (Å²) >= 11 is 3.25. The third kappa shape index (κ3) is 2.74. The molecule has 1 N–H and O–H groups in total. The molecule has 98 valence electrons. The molecule has 4 heteroatoms. The van der Waals surface area contributed by atoms with Gasteiger partial charge in [0.15, 0.2) is 0 Å². The molecule has 1 aliphatic carbocycles. The summed E-state index contributed by atoms with van der Waals surface area (Å²) in [5.41, 5.74) is 0.355. The maximum absolute atomic E-state index is 13.5. The zero-order valence-corrected chi connectivity index (χ0v) is 12.0. The third-order valence-corrected chi connectivity index (χ3v) is 4.45. The number of hydrogen-bond donors (Lipinski definition) is 1. The van der Waals surface area contributed by atoms with Gasteiger partial charge in [-0.05, 0) is 42.9 Å². The van der Waals surface area contributed by atoms with Gasteiger partial charge in [-0.15, -0.1) is 0 Å². The van der Waals surface area contributed by atoms with Gasteiger partial charge in [-0.2, -0.15) is 0 Å². The van der Waals surface area contributed by atoms with Crippen molar-refractivity contribution in [1.82, 2.24) is 5.32 Å². The van der Waals surface area contributed by atoms with Crippen molar-refractivity contribution >= 4 is 21.8 Å². The van der Waals surface area contributed by atoms with Gasteiger partial charge < -0.3 is 5.32 Å². The number of rotatable bonds is 4. The Morgan fingerprint density at radius 2 is 2.22 bits per heavy atom. The number of halogens is 2. The monoisotopic (exact) mass is 313 g/mol. The lowest BCUT2D eigenvalue weighted by Crippen LogP contribution is -2.41. The molecule has 0 saturated heterocycles. The molecule has 0 aliphatic heterocycles. The minimum absolute atomic E-state index is 0.106. The highest BCUT2D eigenvalue weighted by atomic mass is 79.9.